The van der Waals surface area contributed by atoms with E-state index in [1.165, 1.54) is 0 Å². The molecule has 0 amide bonds. The van der Waals surface area contributed by atoms with Gasteiger partial charge < -0.3 is 16.0 Å². The molecule has 0 aliphatic carbocycles. The molecule has 0 aliphatic heterocycles. The maximum Gasteiger partial charge on any atom is 0.0118 e. The van der Waals surface area contributed by atoms with Crippen LogP contribution in [0.25, 0.3) is 0 Å². The van der Waals surface area contributed by atoms with E-state index in [1.807, 2.05) is 27.8 Å². The van der Waals surface area contributed by atoms with Crippen LogP contribution in [0.3, 0.4) is 0 Å². The summed E-state index contributed by atoms with van der Waals surface area (Å²) >= 11 is 0. The van der Waals surface area contributed by atoms with E-state index < -0.39 is 0 Å². The molecular formula is C15H39N3. The van der Waals surface area contributed by atoms with Crippen LogP contribution in [0.4, 0.5) is 0 Å². The fourth-order valence-electron chi connectivity index (χ4n) is 0. The lowest BCUT2D eigenvalue weighted by atomic mass is 10.1. The van der Waals surface area contributed by atoms with Gasteiger partial charge in [0.1, 0.15) is 0 Å². The summed E-state index contributed by atoms with van der Waals surface area (Å²) in [6.45, 7) is 18.9. The Balaban J connectivity index is -0.000000190. The minimum atomic E-state index is 0. The molecule has 0 saturated carbocycles. The molecule has 0 heterocycles. The summed E-state index contributed by atoms with van der Waals surface area (Å²) in [5.74, 6) is 0. The molecule has 0 aromatic heterocycles. The average Bonchev–Trinajstić information content (AvgIpc) is 1.98. The van der Waals surface area contributed by atoms with Crippen LogP contribution in [0.15, 0.2) is 0 Å². The second kappa shape index (κ2) is 8.89. The number of nitrogens with zero attached hydrogens (tertiary/aromatic N) is 1. The Morgan fingerprint density at radius 1 is 0.778 bits per heavy atom. The van der Waals surface area contributed by atoms with Gasteiger partial charge in [0.15, 0.2) is 0 Å². The maximum absolute atomic E-state index is 5.35. The molecule has 3 nitrogen and oxygen atoms in total. The summed E-state index contributed by atoms with van der Waals surface area (Å²) in [5, 5.41) is 3.10. The fourth-order valence-corrected chi connectivity index (χ4v) is 0. The van der Waals surface area contributed by atoms with Crippen molar-refractivity contribution >= 4 is 0 Å². The molecule has 0 aromatic rings. The summed E-state index contributed by atoms with van der Waals surface area (Å²) in [7, 11) is 6.12. The Labute approximate surface area is 117 Å². The lowest BCUT2D eigenvalue weighted by Crippen LogP contribution is -2.34. The number of nitrogens with two attached hydrogens (primary N) is 1. The van der Waals surface area contributed by atoms with Crippen molar-refractivity contribution in [2.24, 2.45) is 5.73 Å². The van der Waals surface area contributed by atoms with E-state index in [2.05, 4.69) is 65.9 Å². The van der Waals surface area contributed by atoms with Gasteiger partial charge in [0.2, 0.25) is 0 Å². The molecule has 0 aromatic carbocycles. The van der Waals surface area contributed by atoms with Crippen LogP contribution in [0, 0.1) is 0 Å². The van der Waals surface area contributed by atoms with Crippen molar-refractivity contribution in [3.8, 4) is 0 Å². The van der Waals surface area contributed by atoms with Crippen molar-refractivity contribution in [3.05, 3.63) is 0 Å². The zero-order valence-electron chi connectivity index (χ0n) is 15.0. The molecule has 0 fully saturated rings. The lowest BCUT2D eigenvalue weighted by molar-refractivity contribution is 0.219. The monoisotopic (exact) mass is 261 g/mol. The molecule has 114 valence electrons. The van der Waals surface area contributed by atoms with Crippen molar-refractivity contribution in [1.82, 2.24) is 10.2 Å². The minimum absolute atomic E-state index is 0. The smallest absolute Gasteiger partial charge is 0.0118 e. The van der Waals surface area contributed by atoms with Crippen molar-refractivity contribution in [2.75, 3.05) is 21.1 Å². The Morgan fingerprint density at radius 3 is 0.889 bits per heavy atom. The van der Waals surface area contributed by atoms with Gasteiger partial charge in [-0.25, -0.2) is 0 Å². The van der Waals surface area contributed by atoms with Crippen LogP contribution in [0.1, 0.15) is 62.3 Å². The quantitative estimate of drug-likeness (QED) is 0.704. The first-order chi connectivity index (χ1) is 7.50. The maximum atomic E-state index is 5.35. The van der Waals surface area contributed by atoms with E-state index in [0.29, 0.717) is 11.1 Å². The normalized spacial score (nSPS) is 12.3. The first-order valence-electron chi connectivity index (χ1n) is 6.66. The van der Waals surface area contributed by atoms with Gasteiger partial charge in [-0.2, -0.15) is 0 Å². The highest BCUT2D eigenvalue weighted by Gasteiger charge is 2.10. The fraction of sp³-hybridized carbons (Fsp3) is 1.00. The minimum Gasteiger partial charge on any atom is -0.326 e. The Kier molecular flexibility index (Phi) is 11.4. The molecule has 18 heavy (non-hydrogen) atoms. The van der Waals surface area contributed by atoms with Gasteiger partial charge in [-0.1, -0.05) is 0 Å². The molecule has 0 rings (SSSR count). The van der Waals surface area contributed by atoms with Crippen molar-refractivity contribution in [1.29, 1.82) is 0 Å². The molecule has 0 spiro atoms. The zero-order valence-corrected chi connectivity index (χ0v) is 15.0. The first kappa shape index (κ1) is 23.0. The van der Waals surface area contributed by atoms with Crippen molar-refractivity contribution in [2.45, 2.75) is 78.9 Å². The van der Waals surface area contributed by atoms with E-state index in [9.17, 15) is 0 Å². The third-order valence-corrected chi connectivity index (χ3v) is 2.09. The number of rotatable bonds is 0. The predicted octanol–water partition coefficient (Wildman–Crippen LogP) is 3.09. The lowest BCUT2D eigenvalue weighted by Gasteiger charge is -2.27. The highest BCUT2D eigenvalue weighted by Crippen LogP contribution is 2.05. The molecule has 3 heteroatoms. The molecule has 0 saturated heterocycles. The number of hydrogen-bond donors (Lipinski definition) is 2. The van der Waals surface area contributed by atoms with Gasteiger partial charge in [0.05, 0.1) is 0 Å². The van der Waals surface area contributed by atoms with Gasteiger partial charge in [-0.3, -0.25) is 0 Å². The Hall–Kier alpha value is -0.120. The van der Waals surface area contributed by atoms with Crippen LogP contribution in [0.2, 0.25) is 0 Å². The van der Waals surface area contributed by atoms with E-state index >= 15 is 0 Å². The molecule has 3 N–H and O–H groups in total. The van der Waals surface area contributed by atoms with Gasteiger partial charge >= 0.3 is 0 Å². The SMILES string of the molecule is CC(C)(C)N.CN(C)C(C)(C)C.CNC(C)(C)C. The molecule has 0 bridgehead atoms. The third-order valence-electron chi connectivity index (χ3n) is 2.09. The molecular weight excluding hydrogens is 222 g/mol. The van der Waals surface area contributed by atoms with Gasteiger partial charge in [0.25, 0.3) is 0 Å². The zero-order chi connectivity index (χ0) is 15.8. The number of nitrogens with one attached hydrogen (secondary N) is 1. The van der Waals surface area contributed by atoms with Crippen molar-refractivity contribution in [3.63, 3.8) is 0 Å². The standard InChI is InChI=1S/C6H15N.C5H13N.C4H11N/c1-6(2,3)7(4)5;1-5(2,3)6-4;1-4(2,3)5/h1-5H3;6H,1-4H3;5H2,1-3H3. The van der Waals surface area contributed by atoms with Crippen LogP contribution in [-0.2, 0) is 0 Å². The summed E-state index contributed by atoms with van der Waals surface area (Å²) in [5.41, 5.74) is 5.98. The van der Waals surface area contributed by atoms with Crippen LogP contribution in [0.5, 0.6) is 0 Å². The third kappa shape index (κ3) is 44.6. The Bertz CT molecular complexity index is 171. The number of hydrogen-bond acceptors (Lipinski definition) is 3. The average molecular weight is 261 g/mol. The molecule has 0 aliphatic rings. The summed E-state index contributed by atoms with van der Waals surface area (Å²) in [6, 6.07) is 0. The predicted molar refractivity (Wildman–Crippen MR) is 86.2 cm³/mol. The van der Waals surface area contributed by atoms with E-state index in [4.69, 9.17) is 5.73 Å². The van der Waals surface area contributed by atoms with Gasteiger partial charge in [-0.15, -0.1) is 0 Å². The van der Waals surface area contributed by atoms with E-state index in [1.54, 1.807) is 0 Å². The van der Waals surface area contributed by atoms with Crippen molar-refractivity contribution < 1.29 is 0 Å². The second-order valence-corrected chi connectivity index (χ2v) is 7.93. The van der Waals surface area contributed by atoms with Gasteiger partial charge in [-0.05, 0) is 83.5 Å². The highest BCUT2D eigenvalue weighted by atomic mass is 15.1. The summed E-state index contributed by atoms with van der Waals surface area (Å²) in [4.78, 5) is 2.19. The van der Waals surface area contributed by atoms with Crippen LogP contribution in [-0.4, -0.2) is 42.7 Å². The van der Waals surface area contributed by atoms with E-state index in [0.717, 1.165) is 0 Å². The second-order valence-electron chi connectivity index (χ2n) is 7.93. The summed E-state index contributed by atoms with van der Waals surface area (Å²) in [6.07, 6.45) is 0. The van der Waals surface area contributed by atoms with Gasteiger partial charge in [0, 0.05) is 16.6 Å². The molecule has 0 atom stereocenters. The van der Waals surface area contributed by atoms with Crippen LogP contribution < -0.4 is 11.1 Å². The summed E-state index contributed by atoms with van der Waals surface area (Å²) < 4.78 is 0. The van der Waals surface area contributed by atoms with Crippen LogP contribution >= 0.6 is 0 Å². The largest absolute Gasteiger partial charge is 0.326 e. The molecule has 0 radical (unpaired) electrons. The molecule has 0 unspecified atom stereocenters. The first-order valence-corrected chi connectivity index (χ1v) is 6.66. The topological polar surface area (TPSA) is 41.3 Å². The Morgan fingerprint density at radius 2 is 0.889 bits per heavy atom. The highest BCUT2D eigenvalue weighted by molar-refractivity contribution is 4.68. The van der Waals surface area contributed by atoms with E-state index in [-0.39, 0.29) is 5.54 Å².